The van der Waals surface area contributed by atoms with Gasteiger partial charge in [-0.25, -0.2) is 9.59 Å². The maximum absolute atomic E-state index is 12.4. The zero-order chi connectivity index (χ0) is 24.3. The summed E-state index contributed by atoms with van der Waals surface area (Å²) in [5.74, 6) is -0.237. The van der Waals surface area contributed by atoms with Gasteiger partial charge in [0.1, 0.15) is 5.75 Å². The molecule has 0 aromatic heterocycles. The molecule has 1 unspecified atom stereocenters. The normalized spacial score (nSPS) is 11.7. The maximum atomic E-state index is 12.4. The Labute approximate surface area is 199 Å². The van der Waals surface area contributed by atoms with E-state index in [0.29, 0.717) is 45.8 Å². The zero-order valence-corrected chi connectivity index (χ0v) is 20.7. The van der Waals surface area contributed by atoms with E-state index in [1.165, 1.54) is 19.3 Å². The second-order valence-corrected chi connectivity index (χ2v) is 8.20. The molecule has 1 aromatic carbocycles. The van der Waals surface area contributed by atoms with E-state index in [1.807, 2.05) is 24.3 Å². The summed E-state index contributed by atoms with van der Waals surface area (Å²) >= 11 is 0. The van der Waals surface area contributed by atoms with Gasteiger partial charge in [0.25, 0.3) is 0 Å². The van der Waals surface area contributed by atoms with Crippen molar-refractivity contribution in [3.63, 3.8) is 0 Å². The van der Waals surface area contributed by atoms with Crippen LogP contribution in [0, 0.1) is 0 Å². The predicted molar refractivity (Wildman–Crippen MR) is 130 cm³/mol. The first-order chi connectivity index (χ1) is 16.0. The van der Waals surface area contributed by atoms with Gasteiger partial charge in [0.15, 0.2) is 6.10 Å². The minimum absolute atomic E-state index is 0.231. The van der Waals surface area contributed by atoms with Crippen molar-refractivity contribution in [3.8, 4) is 5.75 Å². The fourth-order valence-electron chi connectivity index (χ4n) is 3.40. The van der Waals surface area contributed by atoms with E-state index >= 15 is 0 Å². The summed E-state index contributed by atoms with van der Waals surface area (Å²) in [6.07, 6.45) is 7.59. The van der Waals surface area contributed by atoms with E-state index < -0.39 is 12.1 Å². The molecule has 1 rings (SSSR count). The molecular weight excluding hydrogens is 422 g/mol. The minimum Gasteiger partial charge on any atom is -0.494 e. The van der Waals surface area contributed by atoms with Crippen molar-refractivity contribution in [1.29, 1.82) is 0 Å². The van der Waals surface area contributed by atoms with Crippen LogP contribution in [0.25, 0.3) is 0 Å². The Morgan fingerprint density at radius 1 is 0.879 bits per heavy atom. The third-order valence-corrected chi connectivity index (χ3v) is 5.34. The Morgan fingerprint density at radius 3 is 2.18 bits per heavy atom. The van der Waals surface area contributed by atoms with Crippen LogP contribution in [0.2, 0.25) is 0 Å². The van der Waals surface area contributed by atoms with Crippen LogP contribution in [0.1, 0.15) is 77.7 Å². The third-order valence-electron chi connectivity index (χ3n) is 5.34. The van der Waals surface area contributed by atoms with Crippen LogP contribution >= 0.6 is 0 Å². The van der Waals surface area contributed by atoms with Crippen LogP contribution in [-0.4, -0.2) is 61.1 Å². The molecule has 1 amide bonds. The number of carbonyl (C=O) groups excluding carboxylic acids is 1. The van der Waals surface area contributed by atoms with Crippen molar-refractivity contribution in [3.05, 3.63) is 29.8 Å². The lowest BCUT2D eigenvalue weighted by atomic mass is 10.1. The summed E-state index contributed by atoms with van der Waals surface area (Å²) < 4.78 is 16.5. The highest BCUT2D eigenvalue weighted by Gasteiger charge is 2.18. The van der Waals surface area contributed by atoms with Gasteiger partial charge in [-0.1, -0.05) is 58.1 Å². The number of hydrogen-bond donors (Lipinski definition) is 1. The molecule has 0 saturated heterocycles. The van der Waals surface area contributed by atoms with Crippen molar-refractivity contribution < 1.29 is 28.9 Å². The molecule has 1 atom stereocenters. The molecule has 7 heteroatoms. The Balaban J connectivity index is 2.45. The molecule has 0 heterocycles. The number of rotatable bonds is 19. The van der Waals surface area contributed by atoms with E-state index in [2.05, 4.69) is 13.8 Å². The monoisotopic (exact) mass is 465 g/mol. The number of benzene rings is 1. The highest BCUT2D eigenvalue weighted by Crippen LogP contribution is 2.15. The van der Waals surface area contributed by atoms with Crippen LogP contribution in [0.15, 0.2) is 24.3 Å². The number of carboxylic acid groups (broad SMARTS) is 1. The number of amides is 1. The SMILES string of the molecule is CCCCCCCN(CCCOc1ccc(CC(OCC)C(=O)O)cc1)C(=O)OCCCC. The molecule has 0 bridgehead atoms. The average molecular weight is 466 g/mol. The van der Waals surface area contributed by atoms with Crippen molar-refractivity contribution in [2.24, 2.45) is 0 Å². The van der Waals surface area contributed by atoms with Gasteiger partial charge in [-0.15, -0.1) is 0 Å². The van der Waals surface area contributed by atoms with Crippen LogP contribution < -0.4 is 4.74 Å². The predicted octanol–water partition coefficient (Wildman–Crippen LogP) is 5.70. The largest absolute Gasteiger partial charge is 0.494 e. The smallest absolute Gasteiger partial charge is 0.409 e. The summed E-state index contributed by atoms with van der Waals surface area (Å²) in [6, 6.07) is 7.39. The van der Waals surface area contributed by atoms with Gasteiger partial charge in [0.05, 0.1) is 13.2 Å². The standard InChI is InChI=1S/C26H43NO6/c1-4-7-9-10-11-17-27(26(30)33-19-8-5-2)18-12-20-32-23-15-13-22(14-16-23)21-24(25(28)29)31-6-3/h13-16,24H,4-12,17-21H2,1-3H3,(H,28,29). The highest BCUT2D eigenvalue weighted by atomic mass is 16.6. The molecule has 0 fully saturated rings. The summed E-state index contributed by atoms with van der Waals surface area (Å²) in [6.45, 7) is 8.69. The molecule has 1 aromatic rings. The lowest BCUT2D eigenvalue weighted by Gasteiger charge is -2.22. The Bertz CT molecular complexity index is 649. The lowest BCUT2D eigenvalue weighted by Crippen LogP contribution is -2.34. The van der Waals surface area contributed by atoms with Gasteiger partial charge in [-0.05, 0) is 43.9 Å². The minimum atomic E-state index is -0.958. The van der Waals surface area contributed by atoms with Crippen LogP contribution in [0.4, 0.5) is 4.79 Å². The number of hydrogen-bond acceptors (Lipinski definition) is 5. The van der Waals surface area contributed by atoms with Gasteiger partial charge < -0.3 is 24.2 Å². The molecule has 7 nitrogen and oxygen atoms in total. The van der Waals surface area contributed by atoms with Crippen molar-refractivity contribution in [2.45, 2.75) is 84.7 Å². The van der Waals surface area contributed by atoms with E-state index in [1.54, 1.807) is 11.8 Å². The van der Waals surface area contributed by atoms with Crippen LogP contribution in [0.5, 0.6) is 5.75 Å². The fraction of sp³-hybridized carbons (Fsp3) is 0.692. The number of aliphatic carboxylic acids is 1. The molecule has 0 aliphatic heterocycles. The van der Waals surface area contributed by atoms with Crippen molar-refractivity contribution in [2.75, 3.05) is 32.9 Å². The average Bonchev–Trinajstić information content (AvgIpc) is 2.81. The van der Waals surface area contributed by atoms with Crippen molar-refractivity contribution in [1.82, 2.24) is 4.90 Å². The topological polar surface area (TPSA) is 85.3 Å². The van der Waals surface area contributed by atoms with E-state index in [9.17, 15) is 14.7 Å². The summed E-state index contributed by atoms with van der Waals surface area (Å²) in [5.41, 5.74) is 0.882. The second-order valence-electron chi connectivity index (χ2n) is 8.20. The molecule has 0 aliphatic carbocycles. The summed E-state index contributed by atoms with van der Waals surface area (Å²) in [5, 5.41) is 9.21. The summed E-state index contributed by atoms with van der Waals surface area (Å²) in [4.78, 5) is 25.5. The Hall–Kier alpha value is -2.28. The molecule has 0 spiro atoms. The first-order valence-electron chi connectivity index (χ1n) is 12.5. The van der Waals surface area contributed by atoms with Gasteiger partial charge in [-0.2, -0.15) is 0 Å². The second kappa shape index (κ2) is 18.2. The van der Waals surface area contributed by atoms with Gasteiger partial charge in [0.2, 0.25) is 0 Å². The third kappa shape index (κ3) is 13.1. The van der Waals surface area contributed by atoms with E-state index in [0.717, 1.165) is 37.0 Å². The van der Waals surface area contributed by atoms with Crippen molar-refractivity contribution >= 4 is 12.1 Å². The lowest BCUT2D eigenvalue weighted by molar-refractivity contribution is -0.149. The molecule has 188 valence electrons. The number of unbranched alkanes of at least 4 members (excludes halogenated alkanes) is 5. The molecule has 33 heavy (non-hydrogen) atoms. The highest BCUT2D eigenvalue weighted by molar-refractivity contribution is 5.72. The van der Waals surface area contributed by atoms with Gasteiger partial charge in [-0.3, -0.25) is 0 Å². The molecule has 0 radical (unpaired) electrons. The van der Waals surface area contributed by atoms with Gasteiger partial charge in [0, 0.05) is 26.1 Å². The van der Waals surface area contributed by atoms with E-state index in [4.69, 9.17) is 14.2 Å². The number of carboxylic acids is 1. The Kier molecular flexibility index (Phi) is 15.8. The van der Waals surface area contributed by atoms with E-state index in [-0.39, 0.29) is 6.09 Å². The Morgan fingerprint density at radius 2 is 1.55 bits per heavy atom. The molecule has 0 aliphatic rings. The number of carbonyl (C=O) groups is 2. The zero-order valence-electron chi connectivity index (χ0n) is 20.7. The maximum Gasteiger partial charge on any atom is 0.409 e. The summed E-state index contributed by atoms with van der Waals surface area (Å²) in [7, 11) is 0. The quantitative estimate of drug-likeness (QED) is 0.264. The number of nitrogens with zero attached hydrogens (tertiary/aromatic N) is 1. The molecule has 0 saturated carbocycles. The number of ether oxygens (including phenoxy) is 3. The van der Waals surface area contributed by atoms with Crippen LogP contribution in [0.3, 0.4) is 0 Å². The first kappa shape index (κ1) is 28.8. The fourth-order valence-corrected chi connectivity index (χ4v) is 3.40. The van der Waals surface area contributed by atoms with Crippen LogP contribution in [-0.2, 0) is 20.7 Å². The molecular formula is C26H43NO6. The van der Waals surface area contributed by atoms with Gasteiger partial charge >= 0.3 is 12.1 Å². The first-order valence-corrected chi connectivity index (χ1v) is 12.5. The molecule has 1 N–H and O–H groups in total.